The van der Waals surface area contributed by atoms with Crippen LogP contribution in [-0.4, -0.2) is 40.0 Å². The van der Waals surface area contributed by atoms with Gasteiger partial charge >= 0.3 is 285 Å². The second-order valence-electron chi connectivity index (χ2n) is 14.0. The monoisotopic (exact) mass is 735 g/mol. The molecule has 0 spiro atoms. The van der Waals surface area contributed by atoms with Crippen LogP contribution in [0.1, 0.15) is 125 Å². The van der Waals surface area contributed by atoms with Crippen LogP contribution in [0.5, 0.6) is 0 Å². The molecule has 3 nitrogen and oxygen atoms in total. The first-order valence-corrected chi connectivity index (χ1v) is 23.2. The Balaban J connectivity index is 1.83. The van der Waals surface area contributed by atoms with E-state index in [1.165, 1.54) is 57.6 Å². The molecule has 5 rings (SSSR count). The standard InChI is InChI=1S/C27H38N2.C12H15N.2ClH.Ru/c1-18(2)22-11-9-12-23(19(3)4)26(22)28-15-16-29(17-28)27-24(20(5)6)13-10-14-25(27)21(7)8;1-11-6-2-3-7-12(11)10-13-8-4-5-9-13;;;/h9-14,18-21H,15-16H2,1-8H3;1-3,6-7H,4-5,8-10H2;2*1H;/q;;;;+2/p-2. The average Bonchev–Trinajstić information content (AvgIpc) is 3.67. The SMILES string of the molecule is CC(C)c1cccc(C(C)C)c1N1CCN(c2c(C(C)C)cccc2C(C)C)[C]1=[Ru]([Cl])([Cl])=[CH]c1ccccc1CN1CCCC1. The summed E-state index contributed by atoms with van der Waals surface area (Å²) in [6.07, 6.45) is 2.56. The van der Waals surface area contributed by atoms with Crippen LogP contribution in [0, 0.1) is 0 Å². The van der Waals surface area contributed by atoms with E-state index in [2.05, 4.69) is 135 Å². The van der Waals surface area contributed by atoms with E-state index in [9.17, 15) is 0 Å². The van der Waals surface area contributed by atoms with Gasteiger partial charge in [-0.2, -0.15) is 0 Å². The van der Waals surface area contributed by atoms with Crippen LogP contribution in [0.15, 0.2) is 60.7 Å². The van der Waals surface area contributed by atoms with Gasteiger partial charge in [-0.15, -0.1) is 0 Å². The van der Waals surface area contributed by atoms with E-state index < -0.39 is 11.9 Å². The Hall–Kier alpha value is -1.84. The zero-order chi connectivity index (χ0) is 32.5. The van der Waals surface area contributed by atoms with E-state index in [1.807, 2.05) is 0 Å². The zero-order valence-electron chi connectivity index (χ0n) is 28.6. The van der Waals surface area contributed by atoms with Crippen LogP contribution in [0.4, 0.5) is 11.4 Å². The molecular formula is C39H53Cl2N3Ru. The molecule has 0 N–H and O–H groups in total. The molecule has 0 aromatic heterocycles. The predicted octanol–water partition coefficient (Wildman–Crippen LogP) is 10.5. The summed E-state index contributed by atoms with van der Waals surface area (Å²) in [7, 11) is 15.9. The molecule has 0 radical (unpaired) electrons. The van der Waals surface area contributed by atoms with Gasteiger partial charge in [0.05, 0.1) is 0 Å². The van der Waals surface area contributed by atoms with Crippen molar-refractivity contribution < 1.29 is 11.9 Å². The predicted molar refractivity (Wildman–Crippen MR) is 197 cm³/mol. The number of likely N-dealkylation sites (tertiary alicyclic amines) is 1. The fourth-order valence-corrected chi connectivity index (χ4v) is 13.1. The van der Waals surface area contributed by atoms with Crippen LogP contribution in [0.2, 0.25) is 0 Å². The van der Waals surface area contributed by atoms with E-state index >= 15 is 0 Å². The zero-order valence-corrected chi connectivity index (χ0v) is 31.8. The maximum atomic E-state index is 7.93. The van der Waals surface area contributed by atoms with E-state index in [0.717, 1.165) is 37.1 Å². The summed E-state index contributed by atoms with van der Waals surface area (Å²) in [5.74, 6) is 1.50. The number of hydrogen-bond donors (Lipinski definition) is 0. The number of hydrogen-bond acceptors (Lipinski definition) is 3. The minimum absolute atomic E-state index is 0.374. The van der Waals surface area contributed by atoms with E-state index in [1.54, 1.807) is 0 Å². The van der Waals surface area contributed by atoms with E-state index in [0.29, 0.717) is 23.7 Å². The van der Waals surface area contributed by atoms with Crippen molar-refractivity contribution >= 4 is 39.7 Å². The van der Waals surface area contributed by atoms with Gasteiger partial charge < -0.3 is 0 Å². The van der Waals surface area contributed by atoms with Crippen molar-refractivity contribution in [2.75, 3.05) is 36.0 Å². The number of rotatable bonds is 9. The van der Waals surface area contributed by atoms with E-state index in [4.69, 9.17) is 19.4 Å². The second-order valence-corrected chi connectivity index (χ2v) is 23.2. The van der Waals surface area contributed by atoms with Gasteiger partial charge in [-0.3, -0.25) is 0 Å². The van der Waals surface area contributed by atoms with Crippen molar-refractivity contribution in [2.24, 2.45) is 0 Å². The van der Waals surface area contributed by atoms with Crippen molar-refractivity contribution in [3.8, 4) is 0 Å². The fraction of sp³-hybridized carbons (Fsp3) is 0.487. The Morgan fingerprint density at radius 3 is 1.44 bits per heavy atom. The topological polar surface area (TPSA) is 9.72 Å². The molecule has 0 amide bonds. The molecule has 0 atom stereocenters. The summed E-state index contributed by atoms with van der Waals surface area (Å²) in [5, 5.41) is 0. The van der Waals surface area contributed by atoms with Crippen molar-refractivity contribution in [1.29, 1.82) is 0 Å². The Kier molecular flexibility index (Phi) is 11.1. The van der Waals surface area contributed by atoms with Gasteiger partial charge in [-0.1, -0.05) is 0 Å². The fourth-order valence-electron chi connectivity index (χ4n) is 6.97. The van der Waals surface area contributed by atoms with Crippen molar-refractivity contribution in [3.05, 3.63) is 94.0 Å². The maximum absolute atomic E-state index is 7.93. The van der Waals surface area contributed by atoms with Gasteiger partial charge in [0.1, 0.15) is 0 Å². The van der Waals surface area contributed by atoms with Crippen LogP contribution in [0.3, 0.4) is 0 Å². The quantitative estimate of drug-likeness (QED) is 0.203. The number of halogens is 2. The Morgan fingerprint density at radius 1 is 0.600 bits per heavy atom. The first-order valence-electron chi connectivity index (χ1n) is 16.9. The summed E-state index contributed by atoms with van der Waals surface area (Å²) in [6.45, 7) is 23.4. The first-order chi connectivity index (χ1) is 21.4. The third-order valence-corrected chi connectivity index (χ3v) is 14.8. The molecule has 6 heteroatoms. The molecule has 2 saturated heterocycles. The Labute approximate surface area is 283 Å². The molecule has 3 aromatic rings. The normalized spacial score (nSPS) is 16.7. The van der Waals surface area contributed by atoms with Crippen molar-refractivity contribution in [2.45, 2.75) is 98.4 Å². The van der Waals surface area contributed by atoms with Gasteiger partial charge in [0.2, 0.25) is 0 Å². The molecule has 0 bridgehead atoms. The second kappa shape index (κ2) is 14.5. The number of nitrogens with zero attached hydrogens (tertiary/aromatic N) is 3. The van der Waals surface area contributed by atoms with Gasteiger partial charge in [-0.05, 0) is 0 Å². The van der Waals surface area contributed by atoms with Crippen molar-refractivity contribution in [1.82, 2.24) is 4.90 Å². The van der Waals surface area contributed by atoms with Gasteiger partial charge in [-0.25, -0.2) is 0 Å². The average molecular weight is 736 g/mol. The van der Waals surface area contributed by atoms with Crippen LogP contribution in [-0.2, 0) is 18.4 Å². The summed E-state index contributed by atoms with van der Waals surface area (Å²) in [5.41, 5.74) is 10.6. The summed E-state index contributed by atoms with van der Waals surface area (Å²) < 4.78 is 3.39. The molecular weight excluding hydrogens is 682 g/mol. The molecule has 0 unspecified atom stereocenters. The summed E-state index contributed by atoms with van der Waals surface area (Å²) in [6, 6.07) is 22.4. The van der Waals surface area contributed by atoms with Gasteiger partial charge in [0, 0.05) is 0 Å². The summed E-state index contributed by atoms with van der Waals surface area (Å²) >= 11 is -3.69. The molecule has 2 aliphatic heterocycles. The third kappa shape index (κ3) is 7.35. The van der Waals surface area contributed by atoms with Crippen molar-refractivity contribution in [3.63, 3.8) is 0 Å². The van der Waals surface area contributed by atoms with Gasteiger partial charge in [0.15, 0.2) is 0 Å². The molecule has 246 valence electrons. The number of para-hydroxylation sites is 2. The molecule has 45 heavy (non-hydrogen) atoms. The third-order valence-electron chi connectivity index (χ3n) is 9.30. The molecule has 0 aliphatic carbocycles. The Morgan fingerprint density at radius 2 is 1.02 bits per heavy atom. The number of anilines is 2. The molecule has 2 heterocycles. The van der Waals surface area contributed by atoms with Crippen LogP contribution < -0.4 is 9.80 Å². The van der Waals surface area contributed by atoms with E-state index in [-0.39, 0.29) is 0 Å². The van der Waals surface area contributed by atoms with Crippen LogP contribution >= 0.6 is 19.4 Å². The molecule has 2 aliphatic rings. The molecule has 2 fully saturated rings. The van der Waals surface area contributed by atoms with Gasteiger partial charge in [0.25, 0.3) is 0 Å². The van der Waals surface area contributed by atoms with Crippen LogP contribution in [0.25, 0.3) is 0 Å². The minimum atomic E-state index is -3.69. The molecule has 0 saturated carbocycles. The number of benzene rings is 3. The summed E-state index contributed by atoms with van der Waals surface area (Å²) in [4.78, 5) is 7.64. The first kappa shape index (κ1) is 34.5. The molecule has 3 aromatic carbocycles. The Bertz CT molecular complexity index is 1490.